The molecule has 69 heavy (non-hydrogen) atoms. The smallest absolute Gasteiger partial charge is 0.379 e. The van der Waals surface area contributed by atoms with Gasteiger partial charge in [0.25, 0.3) is 10.8 Å². The van der Waals surface area contributed by atoms with E-state index in [1.165, 1.54) is 0 Å². The van der Waals surface area contributed by atoms with Gasteiger partial charge in [-0.15, -0.1) is 0 Å². The lowest BCUT2D eigenvalue weighted by Crippen LogP contribution is -3.09. The number of aliphatic hydroxyl groups is 2. The van der Waals surface area contributed by atoms with Crippen LogP contribution in [0.1, 0.15) is 12.8 Å². The lowest BCUT2D eigenvalue weighted by Gasteiger charge is -2.75. The van der Waals surface area contributed by atoms with Crippen LogP contribution in [0.15, 0.2) is 0 Å². The van der Waals surface area contributed by atoms with E-state index < -0.39 is 180 Å². The maximum Gasteiger partial charge on any atom is 0.379 e. The molecule has 5 nitrogen and oxygen atoms in total. The fraction of sp³-hybridized carbons (Fsp3) is 1.00. The van der Waals surface area contributed by atoms with Crippen molar-refractivity contribution in [2.75, 3.05) is 26.4 Å². The normalized spacial score (nSPS) is 45.0. The highest BCUT2D eigenvalue weighted by Gasteiger charge is 3.27. The van der Waals surface area contributed by atoms with E-state index in [1.54, 1.807) is 0 Å². The highest BCUT2D eigenvalue weighted by molar-refractivity contribution is 5.55. The summed E-state index contributed by atoms with van der Waals surface area (Å²) in [5, 5.41) is 19.4. The Kier molecular flexibility index (Phi) is 10.5. The second-order valence-corrected chi connectivity index (χ2v) is 16.5. The molecule has 2 atom stereocenters. The minimum Gasteiger partial charge on any atom is -0.391 e. The summed E-state index contributed by atoms with van der Waals surface area (Å²) >= 11 is 0. The Balaban J connectivity index is 1.16. The van der Waals surface area contributed by atoms with Crippen molar-refractivity contribution in [3.63, 3.8) is 0 Å². The molecule has 0 saturated heterocycles. The zero-order valence-corrected chi connectivity index (χ0v) is 31.4. The summed E-state index contributed by atoms with van der Waals surface area (Å²) in [7, 11) is 0. The van der Waals surface area contributed by atoms with Crippen LogP contribution in [0.3, 0.4) is 0 Å². The molecule has 0 radical (unpaired) electrons. The molecule has 0 aromatic heterocycles. The molecule has 8 rings (SSSR count). The molecule has 2 N–H and O–H groups in total. The molecule has 0 spiro atoms. The zero-order valence-electron chi connectivity index (χ0n) is 31.4. The number of rotatable bonds is 14. The van der Waals surface area contributed by atoms with Crippen molar-refractivity contribution in [1.29, 1.82) is 0 Å². The van der Waals surface area contributed by atoms with Crippen molar-refractivity contribution in [3.8, 4) is 0 Å². The summed E-state index contributed by atoms with van der Waals surface area (Å²) < 4.78 is 520. The maximum absolute atomic E-state index is 15.2. The van der Waals surface area contributed by atoms with Gasteiger partial charge in [-0.2, -0.15) is 70.2 Å². The third-order valence-electron chi connectivity index (χ3n) is 13.6. The average Bonchev–Trinajstić information content (AvgIpc) is 3.15. The number of ether oxygens (including phenoxy) is 3. The van der Waals surface area contributed by atoms with Gasteiger partial charge in [-0.25, -0.2) is 79.0 Å². The van der Waals surface area contributed by atoms with Crippen LogP contribution in [0.5, 0.6) is 0 Å². The Hall–Kier alpha value is -2.58. The van der Waals surface area contributed by atoms with E-state index in [0.717, 1.165) is 0 Å². The molecule has 8 aliphatic rings. The lowest BCUT2D eigenvalue weighted by atomic mass is 9.36. The summed E-state index contributed by atoms with van der Waals surface area (Å²) in [5.41, 5.74) is -67.9. The molecule has 8 bridgehead atoms. The van der Waals surface area contributed by atoms with E-state index >= 15 is 96.6 Å². The third kappa shape index (κ3) is 4.16. The Morgan fingerprint density at radius 2 is 0.449 bits per heavy atom. The van der Waals surface area contributed by atoms with E-state index in [4.69, 9.17) is 0 Å². The van der Waals surface area contributed by atoms with Crippen molar-refractivity contribution in [2.24, 2.45) is 10.8 Å². The lowest BCUT2D eigenvalue weighted by molar-refractivity contribution is -0.641. The van der Waals surface area contributed by atoms with Gasteiger partial charge in [0, 0.05) is 13.2 Å². The number of alkyl halides is 34. The molecule has 39 heteroatoms. The second kappa shape index (κ2) is 13.0. The van der Waals surface area contributed by atoms with Gasteiger partial charge in [-0.05, 0) is 12.8 Å². The summed E-state index contributed by atoms with van der Waals surface area (Å²) in [6.45, 7) is -8.93. The third-order valence-corrected chi connectivity index (χ3v) is 13.6. The molecule has 2 unspecified atom stereocenters. The highest BCUT2D eigenvalue weighted by atomic mass is 19.4. The van der Waals surface area contributed by atoms with Gasteiger partial charge in [0.15, 0.2) is 0 Å². The van der Waals surface area contributed by atoms with Crippen molar-refractivity contribution in [1.82, 2.24) is 0 Å². The molecule has 8 saturated carbocycles. The summed E-state index contributed by atoms with van der Waals surface area (Å²) in [5.74, 6) is -103. The maximum atomic E-state index is 15.2. The van der Waals surface area contributed by atoms with E-state index in [2.05, 4.69) is 14.2 Å². The van der Waals surface area contributed by atoms with Gasteiger partial charge >= 0.3 is 117 Å². The Morgan fingerprint density at radius 3 is 0.609 bits per heavy atom. The predicted octanol–water partition coefficient (Wildman–Crippen LogP) is 9.65. The molecule has 0 aliphatic heterocycles. The zero-order chi connectivity index (χ0) is 54.5. The summed E-state index contributed by atoms with van der Waals surface area (Å²) in [4.78, 5) is 0. The van der Waals surface area contributed by atoms with Crippen LogP contribution >= 0.6 is 0 Å². The van der Waals surface area contributed by atoms with Crippen molar-refractivity contribution >= 4 is 0 Å². The van der Waals surface area contributed by atoms with Gasteiger partial charge in [0.05, 0.1) is 25.4 Å². The molecule has 0 aromatic carbocycles. The van der Waals surface area contributed by atoms with Crippen LogP contribution in [-0.4, -0.2) is 166 Å². The molecule has 8 fully saturated rings. The fourth-order valence-corrected chi connectivity index (χ4v) is 10.1. The van der Waals surface area contributed by atoms with Crippen LogP contribution in [0.25, 0.3) is 0 Å². The number of hydrogen-bond donors (Lipinski definition) is 2. The van der Waals surface area contributed by atoms with Gasteiger partial charge < -0.3 is 24.4 Å². The van der Waals surface area contributed by atoms with Crippen molar-refractivity contribution < 1.29 is 174 Å². The first kappa shape index (κ1) is 55.7. The molecular weight excluding hydrogens is 1090 g/mol. The molecular formula is C30H16F34O5. The van der Waals surface area contributed by atoms with E-state index in [1.807, 2.05) is 0 Å². The fourth-order valence-electron chi connectivity index (χ4n) is 10.1. The molecule has 8 aliphatic carbocycles. The Morgan fingerprint density at radius 1 is 0.290 bits per heavy atom. The Bertz CT molecular complexity index is 1770. The predicted molar refractivity (Wildman–Crippen MR) is 141 cm³/mol. The molecule has 0 heterocycles. The summed E-state index contributed by atoms with van der Waals surface area (Å²) in [6, 6.07) is 0. The van der Waals surface area contributed by atoms with Crippen molar-refractivity contribution in [3.05, 3.63) is 0 Å². The van der Waals surface area contributed by atoms with Gasteiger partial charge in [0.2, 0.25) is 0 Å². The first-order valence-electron chi connectivity index (χ1n) is 17.6. The number of aliphatic hydroxyl groups excluding tert-OH is 2. The van der Waals surface area contributed by atoms with E-state index in [0.29, 0.717) is 0 Å². The van der Waals surface area contributed by atoms with Gasteiger partial charge in [-0.1, -0.05) is 0 Å². The van der Waals surface area contributed by atoms with Crippen LogP contribution in [0, 0.1) is 10.8 Å². The standard InChI is InChI=1S/C30H16F34O5/c31-11-17(37,38)9(18(39,40)12(32,23(11,49)50)25(53,54)13(33,19(9,41)42)24(11,51)52)29(61,62)68-5-7(65)1-3-67-4-2-8(66)6-69-30(63,64)10-20(43,44)14(34)26(55,56)15(35,21(10,45)46)28(59,60)16(36,22(10,47)48)27(14,57)58/h7-8,65-66H,1-6H2. The molecule has 0 aromatic rings. The van der Waals surface area contributed by atoms with E-state index in [9.17, 15) is 62.9 Å². The second-order valence-electron chi connectivity index (χ2n) is 16.5. The average molecular weight is 1100 g/mol. The van der Waals surface area contributed by atoms with Crippen LogP contribution in [0.4, 0.5) is 149 Å². The van der Waals surface area contributed by atoms with E-state index in [-0.39, 0.29) is 0 Å². The van der Waals surface area contributed by atoms with Crippen LogP contribution < -0.4 is 0 Å². The SMILES string of the molecule is OC(CCOCCC(O)COC(F)(F)C12C(F)(F)C3(F)C(F)(F)C(F)(C(F)(F)C(F)(C3(F)F)C1(F)F)C2(F)F)COC(F)(F)C12C(F)(F)C3(F)C(F)(F)C(F)(C(F)(F)C(F)(C3(F)F)C1(F)F)C2(F)F. The quantitative estimate of drug-likeness (QED) is 0.134. The van der Waals surface area contributed by atoms with Crippen LogP contribution in [0.2, 0.25) is 0 Å². The first-order valence-corrected chi connectivity index (χ1v) is 17.6. The van der Waals surface area contributed by atoms with Crippen LogP contribution in [-0.2, 0) is 14.2 Å². The minimum atomic E-state index is -8.68. The molecule has 404 valence electrons. The number of halogens is 34. The van der Waals surface area contributed by atoms with Gasteiger partial charge in [0.1, 0.15) is 0 Å². The Labute approximate surface area is 354 Å². The minimum absolute atomic E-state index is 1.55. The monoisotopic (exact) mass is 1100 g/mol. The van der Waals surface area contributed by atoms with Crippen molar-refractivity contribution in [2.45, 2.75) is 142 Å². The largest absolute Gasteiger partial charge is 0.391 e. The highest BCUT2D eigenvalue weighted by Crippen LogP contribution is 2.94. The first-order chi connectivity index (χ1) is 30.0. The summed E-state index contributed by atoms with van der Waals surface area (Å²) in [6.07, 6.45) is -25.5. The number of hydrogen-bond acceptors (Lipinski definition) is 5. The molecule has 0 amide bonds. The topological polar surface area (TPSA) is 68.2 Å². The van der Waals surface area contributed by atoms with Gasteiger partial charge in [-0.3, -0.25) is 0 Å².